The van der Waals surface area contributed by atoms with Gasteiger partial charge in [0.05, 0.1) is 5.69 Å². The van der Waals surface area contributed by atoms with Gasteiger partial charge in [-0.2, -0.15) is 0 Å². The number of hydrogen-bond donors (Lipinski definition) is 1. The van der Waals surface area contributed by atoms with Gasteiger partial charge in [-0.15, -0.1) is 0 Å². The van der Waals surface area contributed by atoms with Gasteiger partial charge in [-0.25, -0.2) is 0 Å². The fourth-order valence-corrected chi connectivity index (χ4v) is 5.01. The van der Waals surface area contributed by atoms with Crippen molar-refractivity contribution in [1.82, 2.24) is 5.32 Å². The summed E-state index contributed by atoms with van der Waals surface area (Å²) < 4.78 is 10.9. The van der Waals surface area contributed by atoms with E-state index in [0.717, 1.165) is 47.1 Å². The van der Waals surface area contributed by atoms with Crippen LogP contribution in [0.5, 0.6) is 0 Å². The minimum Gasteiger partial charge on any atom is -0.458 e. The van der Waals surface area contributed by atoms with Gasteiger partial charge in [0, 0.05) is 45.5 Å². The Labute approximate surface area is 186 Å². The largest absolute Gasteiger partial charge is 0.458 e. The molecular weight excluding hydrogens is 408 g/mol. The Kier molecular flexibility index (Phi) is 5.55. The van der Waals surface area contributed by atoms with Crippen molar-refractivity contribution in [3.05, 3.63) is 77.3 Å². The molecule has 0 fully saturated rings. The van der Waals surface area contributed by atoms with Crippen LogP contribution in [0.1, 0.15) is 42.1 Å². The maximum Gasteiger partial charge on any atom is 0.251 e. The van der Waals surface area contributed by atoms with Crippen LogP contribution in [0, 0.1) is 5.92 Å². The van der Waals surface area contributed by atoms with Gasteiger partial charge >= 0.3 is 0 Å². The van der Waals surface area contributed by atoms with Crippen LogP contribution >= 0.6 is 11.8 Å². The van der Waals surface area contributed by atoms with Crippen molar-refractivity contribution >= 4 is 29.1 Å². The molecule has 2 aromatic carbocycles. The van der Waals surface area contributed by atoms with Gasteiger partial charge in [0.2, 0.25) is 6.79 Å². The quantitative estimate of drug-likeness (QED) is 0.669. The molecule has 1 amide bonds. The number of ether oxygens (including phenoxy) is 2. The van der Waals surface area contributed by atoms with E-state index in [-0.39, 0.29) is 18.6 Å². The first-order valence-corrected chi connectivity index (χ1v) is 11.5. The fourth-order valence-electron chi connectivity index (χ4n) is 3.99. The summed E-state index contributed by atoms with van der Waals surface area (Å²) >= 11 is 1.71. The second-order valence-electron chi connectivity index (χ2n) is 7.82. The van der Waals surface area contributed by atoms with Crippen molar-refractivity contribution in [1.29, 1.82) is 0 Å². The van der Waals surface area contributed by atoms with E-state index in [2.05, 4.69) is 42.6 Å². The van der Waals surface area contributed by atoms with Gasteiger partial charge in [-0.3, -0.25) is 9.79 Å². The number of nitrogens with zero attached hydrogens (tertiary/aromatic N) is 1. The Morgan fingerprint density at radius 1 is 1.19 bits per heavy atom. The van der Waals surface area contributed by atoms with E-state index in [9.17, 15) is 4.79 Å². The molecule has 0 saturated carbocycles. The number of allylic oxidation sites excluding steroid dienone is 2. The van der Waals surface area contributed by atoms with Crippen LogP contribution in [-0.2, 0) is 9.47 Å². The average molecular weight is 433 g/mol. The monoisotopic (exact) mass is 432 g/mol. The van der Waals surface area contributed by atoms with E-state index in [1.807, 2.05) is 24.3 Å². The summed E-state index contributed by atoms with van der Waals surface area (Å²) in [7, 11) is 0. The third-order valence-electron chi connectivity index (χ3n) is 5.60. The van der Waals surface area contributed by atoms with Gasteiger partial charge in [0.25, 0.3) is 5.91 Å². The molecule has 0 saturated heterocycles. The highest BCUT2D eigenvalue weighted by atomic mass is 32.2. The molecule has 0 radical (unpaired) electrons. The number of aliphatic imine (C=N–C) groups is 1. The molecule has 2 aromatic rings. The standard InChI is InChI=1S/C25H24N2O3S/c1-2-5-19-18-6-3-4-7-23(18)31-24-11-9-17(13-20(24)27-19)25(28)26-14-16-8-10-21-22(12-16)30-15-29-21/h3-4,6-11,13,16H,2,5,12,14-15H2,1H3,(H,26,28). The van der Waals surface area contributed by atoms with Gasteiger partial charge in [-0.1, -0.05) is 49.4 Å². The van der Waals surface area contributed by atoms with E-state index >= 15 is 0 Å². The van der Waals surface area contributed by atoms with Crippen molar-refractivity contribution < 1.29 is 14.3 Å². The van der Waals surface area contributed by atoms with Crippen LogP contribution in [-0.4, -0.2) is 25.0 Å². The third-order valence-corrected chi connectivity index (χ3v) is 6.74. The van der Waals surface area contributed by atoms with Crippen molar-refractivity contribution in [2.75, 3.05) is 13.3 Å². The molecule has 2 heterocycles. The molecular formula is C25H24N2O3S. The van der Waals surface area contributed by atoms with E-state index in [4.69, 9.17) is 14.5 Å². The van der Waals surface area contributed by atoms with Crippen LogP contribution in [0.4, 0.5) is 5.69 Å². The average Bonchev–Trinajstić information content (AvgIpc) is 3.20. The van der Waals surface area contributed by atoms with Crippen molar-refractivity contribution in [2.45, 2.75) is 36.0 Å². The van der Waals surface area contributed by atoms with Crippen molar-refractivity contribution in [2.24, 2.45) is 10.9 Å². The van der Waals surface area contributed by atoms with Crippen LogP contribution in [0.15, 0.2) is 80.9 Å². The lowest BCUT2D eigenvalue weighted by molar-refractivity contribution is 0.0716. The molecule has 5 rings (SSSR count). The number of hydrogen-bond acceptors (Lipinski definition) is 5. The SMILES string of the molecule is CCCC1=Nc2cc(C(=O)NCC3C=CC4=C(C3)OCO4)ccc2Sc2ccccc21. The Morgan fingerprint density at radius 3 is 3.00 bits per heavy atom. The lowest BCUT2D eigenvalue weighted by Crippen LogP contribution is -2.29. The zero-order valence-electron chi connectivity index (χ0n) is 17.4. The number of carbonyl (C=O) groups excluding carboxylic acids is 1. The molecule has 1 unspecified atom stereocenters. The molecule has 158 valence electrons. The van der Waals surface area contributed by atoms with Crippen LogP contribution in [0.3, 0.4) is 0 Å². The second-order valence-corrected chi connectivity index (χ2v) is 8.90. The highest BCUT2D eigenvalue weighted by Crippen LogP contribution is 2.41. The lowest BCUT2D eigenvalue weighted by Gasteiger charge is -2.17. The highest BCUT2D eigenvalue weighted by molar-refractivity contribution is 7.99. The lowest BCUT2D eigenvalue weighted by atomic mass is 9.98. The number of benzene rings is 2. The number of carbonyl (C=O) groups is 1. The first-order chi connectivity index (χ1) is 15.2. The van der Waals surface area contributed by atoms with Crippen molar-refractivity contribution in [3.63, 3.8) is 0 Å². The maximum atomic E-state index is 12.9. The van der Waals surface area contributed by atoms with Crippen molar-refractivity contribution in [3.8, 4) is 0 Å². The van der Waals surface area contributed by atoms with Gasteiger partial charge in [0.1, 0.15) is 5.76 Å². The third kappa shape index (κ3) is 4.12. The fraction of sp³-hybridized carbons (Fsp3) is 0.280. The molecule has 1 aliphatic carbocycles. The predicted octanol–water partition coefficient (Wildman–Crippen LogP) is 5.59. The first-order valence-electron chi connectivity index (χ1n) is 10.7. The van der Waals surface area contributed by atoms with E-state index in [1.54, 1.807) is 11.8 Å². The number of rotatable bonds is 5. The molecule has 31 heavy (non-hydrogen) atoms. The van der Waals surface area contributed by atoms with Crippen LogP contribution in [0.2, 0.25) is 0 Å². The molecule has 1 N–H and O–H groups in total. The molecule has 0 bridgehead atoms. The summed E-state index contributed by atoms with van der Waals surface area (Å²) in [4.78, 5) is 20.1. The summed E-state index contributed by atoms with van der Waals surface area (Å²) in [5.41, 5.74) is 3.76. The maximum absolute atomic E-state index is 12.9. The van der Waals surface area contributed by atoms with E-state index in [1.165, 1.54) is 10.5 Å². The first kappa shape index (κ1) is 19.9. The summed E-state index contributed by atoms with van der Waals surface area (Å²) in [5, 5.41) is 3.06. The summed E-state index contributed by atoms with van der Waals surface area (Å²) in [6, 6.07) is 14.2. The molecule has 2 aliphatic heterocycles. The smallest absolute Gasteiger partial charge is 0.251 e. The molecule has 0 spiro atoms. The Hall–Kier alpha value is -2.99. The Morgan fingerprint density at radius 2 is 2.10 bits per heavy atom. The van der Waals surface area contributed by atoms with E-state index in [0.29, 0.717) is 12.1 Å². The van der Waals surface area contributed by atoms with Gasteiger partial charge < -0.3 is 14.8 Å². The molecule has 1 atom stereocenters. The minimum absolute atomic E-state index is 0.0847. The van der Waals surface area contributed by atoms with Crippen LogP contribution < -0.4 is 5.32 Å². The van der Waals surface area contributed by atoms with Gasteiger partial charge in [-0.05, 0) is 36.8 Å². The topological polar surface area (TPSA) is 59.9 Å². The number of nitrogens with one attached hydrogen (secondary N) is 1. The zero-order valence-corrected chi connectivity index (χ0v) is 18.2. The molecule has 3 aliphatic rings. The van der Waals surface area contributed by atoms with Crippen LogP contribution in [0.25, 0.3) is 0 Å². The summed E-state index contributed by atoms with van der Waals surface area (Å²) in [6.07, 6.45) is 6.68. The minimum atomic E-state index is -0.0847. The zero-order chi connectivity index (χ0) is 21.2. The highest BCUT2D eigenvalue weighted by Gasteiger charge is 2.24. The normalized spacial score (nSPS) is 18.7. The summed E-state index contributed by atoms with van der Waals surface area (Å²) in [6.45, 7) is 3.00. The molecule has 5 nitrogen and oxygen atoms in total. The second kappa shape index (κ2) is 8.63. The Balaban J connectivity index is 1.33. The molecule has 6 heteroatoms. The number of fused-ring (bicyclic) bond motifs is 2. The predicted molar refractivity (Wildman–Crippen MR) is 122 cm³/mol. The number of amides is 1. The molecule has 0 aromatic heterocycles. The van der Waals surface area contributed by atoms with E-state index < -0.39 is 0 Å². The van der Waals surface area contributed by atoms with Gasteiger partial charge in [0.15, 0.2) is 5.76 Å². The Bertz CT molecular complexity index is 1120. The summed E-state index contributed by atoms with van der Waals surface area (Å²) in [5.74, 6) is 1.80.